The maximum absolute atomic E-state index is 12.3. The molecule has 0 aromatic carbocycles. The molecular formula is C13H23NO3. The lowest BCUT2D eigenvalue weighted by Gasteiger charge is -2.42. The van der Waals surface area contributed by atoms with Crippen LogP contribution in [0.1, 0.15) is 33.6 Å². The second kappa shape index (κ2) is 4.58. The zero-order valence-electron chi connectivity index (χ0n) is 11.0. The third-order valence-corrected chi connectivity index (χ3v) is 4.03. The van der Waals surface area contributed by atoms with E-state index in [9.17, 15) is 9.90 Å². The lowest BCUT2D eigenvalue weighted by Crippen LogP contribution is -2.52. The van der Waals surface area contributed by atoms with Crippen molar-refractivity contribution in [2.75, 3.05) is 19.7 Å². The Bertz CT molecular complexity index is 303. The predicted octanol–water partition coefficient (Wildman–Crippen LogP) is 1.03. The van der Waals surface area contributed by atoms with E-state index in [4.69, 9.17) is 4.74 Å². The molecule has 4 nitrogen and oxygen atoms in total. The minimum absolute atomic E-state index is 0.0241. The van der Waals surface area contributed by atoms with Gasteiger partial charge in [-0.25, -0.2) is 0 Å². The molecule has 2 saturated heterocycles. The van der Waals surface area contributed by atoms with Gasteiger partial charge in [-0.2, -0.15) is 0 Å². The first-order valence-corrected chi connectivity index (χ1v) is 6.48. The molecule has 98 valence electrons. The Labute approximate surface area is 103 Å². The highest BCUT2D eigenvalue weighted by Gasteiger charge is 2.39. The molecule has 0 saturated carbocycles. The zero-order chi connectivity index (χ0) is 12.6. The molecule has 2 aliphatic rings. The van der Waals surface area contributed by atoms with E-state index >= 15 is 0 Å². The molecule has 0 aliphatic carbocycles. The second-order valence-corrected chi connectivity index (χ2v) is 6.13. The highest BCUT2D eigenvalue weighted by atomic mass is 16.5. The van der Waals surface area contributed by atoms with E-state index in [-0.39, 0.29) is 29.4 Å². The van der Waals surface area contributed by atoms with Crippen molar-refractivity contribution in [1.29, 1.82) is 0 Å². The number of carbonyl (C=O) groups excluding carboxylic acids is 1. The van der Waals surface area contributed by atoms with E-state index in [1.807, 2.05) is 25.7 Å². The molecule has 3 atom stereocenters. The first-order valence-electron chi connectivity index (χ1n) is 6.48. The summed E-state index contributed by atoms with van der Waals surface area (Å²) in [5.41, 5.74) is -0.195. The molecule has 2 heterocycles. The summed E-state index contributed by atoms with van der Waals surface area (Å²) >= 11 is 0. The number of rotatable bonds is 1. The lowest BCUT2D eigenvalue weighted by molar-refractivity contribution is -0.142. The fourth-order valence-corrected chi connectivity index (χ4v) is 2.78. The van der Waals surface area contributed by atoms with E-state index in [0.29, 0.717) is 26.1 Å². The van der Waals surface area contributed by atoms with Gasteiger partial charge in [-0.15, -0.1) is 0 Å². The van der Waals surface area contributed by atoms with Gasteiger partial charge in [0, 0.05) is 18.5 Å². The number of hydrogen-bond donors (Lipinski definition) is 1. The molecule has 0 radical (unpaired) electrons. The van der Waals surface area contributed by atoms with E-state index in [1.54, 1.807) is 0 Å². The molecular weight excluding hydrogens is 218 g/mol. The summed E-state index contributed by atoms with van der Waals surface area (Å²) in [5, 5.41) is 9.88. The summed E-state index contributed by atoms with van der Waals surface area (Å²) in [6, 6.07) is 0. The van der Waals surface area contributed by atoms with Crippen molar-refractivity contribution in [2.45, 2.75) is 45.8 Å². The third-order valence-electron chi connectivity index (χ3n) is 4.03. The Morgan fingerprint density at radius 3 is 2.71 bits per heavy atom. The normalized spacial score (nSPS) is 37.2. The summed E-state index contributed by atoms with van der Waals surface area (Å²) in [4.78, 5) is 14.2. The number of hydrogen-bond acceptors (Lipinski definition) is 3. The predicted molar refractivity (Wildman–Crippen MR) is 64.5 cm³/mol. The van der Waals surface area contributed by atoms with Crippen LogP contribution in [0.5, 0.6) is 0 Å². The molecule has 2 fully saturated rings. The van der Waals surface area contributed by atoms with Gasteiger partial charge in [0.2, 0.25) is 5.91 Å². The van der Waals surface area contributed by atoms with Crippen LogP contribution in [0.15, 0.2) is 0 Å². The molecule has 1 amide bonds. The van der Waals surface area contributed by atoms with Gasteiger partial charge in [0.15, 0.2) is 0 Å². The van der Waals surface area contributed by atoms with Crippen LogP contribution in [0.25, 0.3) is 0 Å². The van der Waals surface area contributed by atoms with E-state index in [0.717, 1.165) is 6.42 Å². The highest BCUT2D eigenvalue weighted by Crippen LogP contribution is 2.31. The molecule has 0 aromatic heterocycles. The number of aliphatic hydroxyl groups is 1. The summed E-state index contributed by atoms with van der Waals surface area (Å²) in [6.45, 7) is 7.93. The maximum atomic E-state index is 12.3. The molecule has 3 unspecified atom stereocenters. The van der Waals surface area contributed by atoms with Gasteiger partial charge in [0.25, 0.3) is 0 Å². The largest absolute Gasteiger partial charge is 0.392 e. The Morgan fingerprint density at radius 1 is 1.47 bits per heavy atom. The van der Waals surface area contributed by atoms with Gasteiger partial charge in [0.05, 0.1) is 24.7 Å². The second-order valence-electron chi connectivity index (χ2n) is 6.13. The van der Waals surface area contributed by atoms with Crippen molar-refractivity contribution in [3.8, 4) is 0 Å². The Balaban J connectivity index is 1.97. The smallest absolute Gasteiger partial charge is 0.228 e. The van der Waals surface area contributed by atoms with Gasteiger partial charge in [-0.3, -0.25) is 4.79 Å². The average Bonchev–Trinajstić information content (AvgIpc) is 2.68. The van der Waals surface area contributed by atoms with Gasteiger partial charge < -0.3 is 14.7 Å². The molecule has 0 aromatic rings. The SMILES string of the molecule is CC1CC(C(=O)N2CCC(O)C(C)(C)C2)CO1. The lowest BCUT2D eigenvalue weighted by atomic mass is 9.81. The molecule has 17 heavy (non-hydrogen) atoms. The number of piperidine rings is 1. The van der Waals surface area contributed by atoms with Crippen molar-refractivity contribution >= 4 is 5.91 Å². The first kappa shape index (κ1) is 12.8. The topological polar surface area (TPSA) is 49.8 Å². The molecule has 0 bridgehead atoms. The van der Waals surface area contributed by atoms with Crippen molar-refractivity contribution in [1.82, 2.24) is 4.90 Å². The molecule has 4 heteroatoms. The van der Waals surface area contributed by atoms with Crippen LogP contribution in [0, 0.1) is 11.3 Å². The van der Waals surface area contributed by atoms with Gasteiger partial charge in [-0.1, -0.05) is 13.8 Å². The number of likely N-dealkylation sites (tertiary alicyclic amines) is 1. The number of ether oxygens (including phenoxy) is 1. The number of carbonyl (C=O) groups is 1. The fraction of sp³-hybridized carbons (Fsp3) is 0.923. The van der Waals surface area contributed by atoms with Gasteiger partial charge in [-0.05, 0) is 19.8 Å². The van der Waals surface area contributed by atoms with Gasteiger partial charge in [0.1, 0.15) is 0 Å². The third kappa shape index (κ3) is 2.63. The van der Waals surface area contributed by atoms with Crippen molar-refractivity contribution in [3.63, 3.8) is 0 Å². The molecule has 2 rings (SSSR count). The molecule has 1 N–H and O–H groups in total. The van der Waals surface area contributed by atoms with Crippen LogP contribution >= 0.6 is 0 Å². The van der Waals surface area contributed by atoms with Crippen LogP contribution in [0.3, 0.4) is 0 Å². The number of amides is 1. The van der Waals surface area contributed by atoms with E-state index in [1.165, 1.54) is 0 Å². The highest BCUT2D eigenvalue weighted by molar-refractivity contribution is 5.79. The zero-order valence-corrected chi connectivity index (χ0v) is 11.0. The quantitative estimate of drug-likeness (QED) is 0.746. The maximum Gasteiger partial charge on any atom is 0.228 e. The van der Waals surface area contributed by atoms with E-state index < -0.39 is 0 Å². The van der Waals surface area contributed by atoms with Crippen molar-refractivity contribution in [2.24, 2.45) is 11.3 Å². The van der Waals surface area contributed by atoms with Gasteiger partial charge >= 0.3 is 0 Å². The number of nitrogens with zero attached hydrogens (tertiary/aromatic N) is 1. The first-order chi connectivity index (χ1) is 7.90. The Kier molecular flexibility index (Phi) is 3.46. The van der Waals surface area contributed by atoms with Crippen LogP contribution in [0.2, 0.25) is 0 Å². The fourth-order valence-electron chi connectivity index (χ4n) is 2.78. The molecule has 0 spiro atoms. The van der Waals surface area contributed by atoms with Crippen molar-refractivity contribution in [3.05, 3.63) is 0 Å². The number of aliphatic hydroxyl groups excluding tert-OH is 1. The van der Waals surface area contributed by atoms with E-state index in [2.05, 4.69) is 0 Å². The van der Waals surface area contributed by atoms with Crippen LogP contribution < -0.4 is 0 Å². The average molecular weight is 241 g/mol. The summed E-state index contributed by atoms with van der Waals surface area (Å²) in [6.07, 6.45) is 1.41. The Hall–Kier alpha value is -0.610. The molecule has 2 aliphatic heterocycles. The minimum atomic E-state index is -0.301. The standard InChI is InChI=1S/C13H23NO3/c1-9-6-10(7-17-9)12(16)14-5-4-11(15)13(2,3)8-14/h9-11,15H,4-8H2,1-3H3. The minimum Gasteiger partial charge on any atom is -0.392 e. The summed E-state index contributed by atoms with van der Waals surface area (Å²) in [7, 11) is 0. The monoisotopic (exact) mass is 241 g/mol. The van der Waals surface area contributed by atoms with Crippen LogP contribution in [-0.4, -0.2) is 47.8 Å². The Morgan fingerprint density at radius 2 is 2.18 bits per heavy atom. The summed E-state index contributed by atoms with van der Waals surface area (Å²) < 4.78 is 5.45. The summed E-state index contributed by atoms with van der Waals surface area (Å²) in [5.74, 6) is 0.227. The van der Waals surface area contributed by atoms with Crippen LogP contribution in [0.4, 0.5) is 0 Å². The van der Waals surface area contributed by atoms with Crippen LogP contribution in [-0.2, 0) is 9.53 Å². The van der Waals surface area contributed by atoms with Crippen molar-refractivity contribution < 1.29 is 14.6 Å².